The Morgan fingerprint density at radius 2 is 1.79 bits per heavy atom. The Bertz CT molecular complexity index is 329. The van der Waals surface area contributed by atoms with Gasteiger partial charge in [-0.05, 0) is 16.9 Å². The molecule has 0 N–H and O–H groups in total. The second-order valence-corrected chi connectivity index (χ2v) is 3.39. The van der Waals surface area contributed by atoms with Crippen LogP contribution in [0.5, 0.6) is 0 Å². The molecule has 0 aromatic heterocycles. The summed E-state index contributed by atoms with van der Waals surface area (Å²) >= 11 is 0. The number of nitrogens with zero attached hydrogens (tertiary/aromatic N) is 1. The van der Waals surface area contributed by atoms with Gasteiger partial charge in [0.15, 0.2) is 0 Å². The van der Waals surface area contributed by atoms with Gasteiger partial charge < -0.3 is 4.90 Å². The Labute approximate surface area is 87.5 Å². The zero-order chi connectivity index (χ0) is 10.6. The van der Waals surface area contributed by atoms with Crippen molar-refractivity contribution in [3.63, 3.8) is 0 Å². The lowest BCUT2D eigenvalue weighted by Gasteiger charge is -2.06. The van der Waals surface area contributed by atoms with Gasteiger partial charge in [-0.25, -0.2) is 0 Å². The molecule has 0 amide bonds. The second kappa shape index (κ2) is 4.99. The van der Waals surface area contributed by atoms with Gasteiger partial charge in [-0.3, -0.25) is 0 Å². The summed E-state index contributed by atoms with van der Waals surface area (Å²) in [5, 5.41) is 0. The van der Waals surface area contributed by atoms with E-state index in [1.807, 2.05) is 27.3 Å². The highest BCUT2D eigenvalue weighted by atomic mass is 14.7. The zero-order valence-corrected chi connectivity index (χ0v) is 9.41. The molecule has 1 radical (unpaired) electrons. The van der Waals surface area contributed by atoms with Crippen molar-refractivity contribution in [2.24, 2.45) is 10.8 Å². The highest BCUT2D eigenvalue weighted by Gasteiger charge is 2.17. The van der Waals surface area contributed by atoms with Crippen molar-refractivity contribution in [2.75, 3.05) is 0 Å². The Kier molecular flexibility index (Phi) is 3.93. The summed E-state index contributed by atoms with van der Waals surface area (Å²) in [7, 11) is 1.95. The van der Waals surface area contributed by atoms with Gasteiger partial charge in [-0.15, -0.1) is 0 Å². The Morgan fingerprint density at radius 1 is 1.14 bits per heavy atom. The van der Waals surface area contributed by atoms with E-state index < -0.39 is 0 Å². The van der Waals surface area contributed by atoms with Gasteiger partial charge in [-0.2, -0.15) is 0 Å². The molecule has 0 fully saturated rings. The first-order valence-electron chi connectivity index (χ1n) is 5.29. The molecule has 2 rings (SSSR count). The molecular formula is C12H17BN. The lowest BCUT2D eigenvalue weighted by Crippen LogP contribution is -2.14. The summed E-state index contributed by atoms with van der Waals surface area (Å²) in [5.41, 5.74) is 3.76. The maximum absolute atomic E-state index is 4.39. The molecule has 1 aliphatic rings. The Morgan fingerprint density at radius 3 is 2.43 bits per heavy atom. The van der Waals surface area contributed by atoms with Crippen LogP contribution in [0.4, 0.5) is 0 Å². The van der Waals surface area contributed by atoms with Gasteiger partial charge in [0.2, 0.25) is 0 Å². The predicted octanol–water partition coefficient (Wildman–Crippen LogP) is 2.42. The van der Waals surface area contributed by atoms with E-state index in [1.54, 1.807) is 0 Å². The largest absolute Gasteiger partial charge is 0.345 e. The van der Waals surface area contributed by atoms with Crippen LogP contribution in [-0.4, -0.2) is 13.1 Å². The van der Waals surface area contributed by atoms with Crippen molar-refractivity contribution in [2.45, 2.75) is 27.7 Å². The molecule has 1 aromatic rings. The van der Waals surface area contributed by atoms with Gasteiger partial charge in [0.25, 0.3) is 0 Å². The first-order chi connectivity index (χ1) is 6.79. The van der Waals surface area contributed by atoms with Crippen LogP contribution in [0.1, 0.15) is 33.3 Å². The van der Waals surface area contributed by atoms with E-state index in [4.69, 9.17) is 0 Å². The number of rotatable bonds is 1. The van der Waals surface area contributed by atoms with Gasteiger partial charge >= 0.3 is 7.41 Å². The van der Waals surface area contributed by atoms with Crippen LogP contribution in [0.3, 0.4) is 0 Å². The van der Waals surface area contributed by atoms with E-state index in [0.717, 1.165) is 0 Å². The molecule has 1 heterocycles. The Balaban J connectivity index is 0.000000461. The molecule has 0 aliphatic carbocycles. The topological polar surface area (TPSA) is 12.4 Å². The molecule has 2 heteroatoms. The van der Waals surface area contributed by atoms with Crippen molar-refractivity contribution < 1.29 is 0 Å². The van der Waals surface area contributed by atoms with E-state index >= 15 is 0 Å². The summed E-state index contributed by atoms with van der Waals surface area (Å²) in [6.07, 6.45) is 0. The van der Waals surface area contributed by atoms with Gasteiger partial charge in [0.05, 0.1) is 0 Å². The number of benzene rings is 1. The van der Waals surface area contributed by atoms with Crippen molar-refractivity contribution in [1.82, 2.24) is 0 Å². The normalized spacial score (nSPS) is 12.5. The summed E-state index contributed by atoms with van der Waals surface area (Å²) in [4.78, 5) is 4.39. The van der Waals surface area contributed by atoms with Crippen molar-refractivity contribution >= 4 is 18.6 Å². The third-order valence-electron chi connectivity index (χ3n) is 2.13. The molecule has 0 saturated heterocycles. The molecule has 0 bridgehead atoms. The molecular weight excluding hydrogens is 169 g/mol. The van der Waals surface area contributed by atoms with Gasteiger partial charge in [-0.1, -0.05) is 52.0 Å². The van der Waals surface area contributed by atoms with Gasteiger partial charge in [0.1, 0.15) is 0 Å². The average molecular weight is 186 g/mol. The van der Waals surface area contributed by atoms with E-state index in [-0.39, 0.29) is 0 Å². The smallest absolute Gasteiger partial charge is 0.313 e. The molecule has 0 spiro atoms. The molecule has 0 saturated carbocycles. The van der Waals surface area contributed by atoms with E-state index in [0.29, 0.717) is 5.92 Å². The molecule has 73 valence electrons. The maximum atomic E-state index is 4.39. The SMILES string of the molecule is CC.CC(C)C1=N[B]c2ccccc21. The van der Waals surface area contributed by atoms with Crippen molar-refractivity contribution in [3.05, 3.63) is 29.8 Å². The molecule has 0 atom stereocenters. The third-order valence-corrected chi connectivity index (χ3v) is 2.13. The standard InChI is InChI=1S/C10H11BN.C2H6/c1-7(2)10-8-5-3-4-6-9(8)11-12-10;1-2/h3-7H,1-2H3;1-2H3. The molecule has 1 aromatic carbocycles. The monoisotopic (exact) mass is 186 g/mol. The van der Waals surface area contributed by atoms with Crippen LogP contribution < -0.4 is 5.46 Å². The number of fused-ring (bicyclic) bond motifs is 1. The van der Waals surface area contributed by atoms with E-state index in [2.05, 4.69) is 36.9 Å². The first-order valence-corrected chi connectivity index (χ1v) is 5.29. The van der Waals surface area contributed by atoms with Gasteiger partial charge in [0, 0.05) is 5.71 Å². The quantitative estimate of drug-likeness (QED) is 0.597. The van der Waals surface area contributed by atoms with Crippen molar-refractivity contribution in [3.8, 4) is 0 Å². The zero-order valence-electron chi connectivity index (χ0n) is 9.41. The third kappa shape index (κ3) is 2.06. The van der Waals surface area contributed by atoms with Crippen LogP contribution >= 0.6 is 0 Å². The highest BCUT2D eigenvalue weighted by Crippen LogP contribution is 2.11. The average Bonchev–Trinajstić information content (AvgIpc) is 2.64. The molecule has 14 heavy (non-hydrogen) atoms. The highest BCUT2D eigenvalue weighted by molar-refractivity contribution is 6.59. The summed E-state index contributed by atoms with van der Waals surface area (Å²) in [5.74, 6) is 0.518. The fourth-order valence-corrected chi connectivity index (χ4v) is 1.51. The van der Waals surface area contributed by atoms with Crippen LogP contribution in [0.25, 0.3) is 0 Å². The molecule has 1 aliphatic heterocycles. The fourth-order valence-electron chi connectivity index (χ4n) is 1.51. The van der Waals surface area contributed by atoms with Crippen LogP contribution in [0.2, 0.25) is 0 Å². The van der Waals surface area contributed by atoms with Crippen LogP contribution in [0, 0.1) is 5.92 Å². The second-order valence-electron chi connectivity index (χ2n) is 3.39. The maximum Gasteiger partial charge on any atom is 0.313 e. The minimum atomic E-state index is 0.518. The lowest BCUT2D eigenvalue weighted by molar-refractivity contribution is 0.890. The lowest BCUT2D eigenvalue weighted by atomic mass is 9.83. The summed E-state index contributed by atoms with van der Waals surface area (Å²) < 4.78 is 0. The fraction of sp³-hybridized carbons (Fsp3) is 0.417. The van der Waals surface area contributed by atoms with Crippen LogP contribution in [-0.2, 0) is 0 Å². The van der Waals surface area contributed by atoms with E-state index in [1.165, 1.54) is 16.7 Å². The number of hydrogen-bond acceptors (Lipinski definition) is 1. The molecule has 0 unspecified atom stereocenters. The molecule has 1 nitrogen and oxygen atoms in total. The summed E-state index contributed by atoms with van der Waals surface area (Å²) in [6.45, 7) is 8.35. The first kappa shape index (κ1) is 11.0. The predicted molar refractivity (Wildman–Crippen MR) is 64.6 cm³/mol. The van der Waals surface area contributed by atoms with Crippen molar-refractivity contribution in [1.29, 1.82) is 0 Å². The van der Waals surface area contributed by atoms with Crippen LogP contribution in [0.15, 0.2) is 29.2 Å². The Hall–Kier alpha value is -1.05. The van der Waals surface area contributed by atoms with E-state index in [9.17, 15) is 0 Å². The summed E-state index contributed by atoms with van der Waals surface area (Å²) in [6, 6.07) is 8.36. The number of hydrogen-bond donors (Lipinski definition) is 0. The minimum Gasteiger partial charge on any atom is -0.345 e. The minimum absolute atomic E-state index is 0.518.